The number of carbonyl (C=O) groups excluding carboxylic acids is 1. The van der Waals surface area contributed by atoms with Gasteiger partial charge in [0.2, 0.25) is 0 Å². The van der Waals surface area contributed by atoms with Crippen molar-refractivity contribution in [3.63, 3.8) is 0 Å². The van der Waals surface area contributed by atoms with Crippen LogP contribution in [0.2, 0.25) is 0 Å². The molecule has 0 radical (unpaired) electrons. The molecular formula is C30H38O8. The Bertz CT molecular complexity index is 1030. The largest absolute Gasteiger partial charge is 0.462 e. The maximum atomic E-state index is 11.9. The summed E-state index contributed by atoms with van der Waals surface area (Å²) in [5.41, 5.74) is 2.07. The van der Waals surface area contributed by atoms with Gasteiger partial charge in [-0.25, -0.2) is 4.79 Å². The minimum Gasteiger partial charge on any atom is -0.462 e. The molecule has 2 aromatic carbocycles. The van der Waals surface area contributed by atoms with Gasteiger partial charge in [-0.3, -0.25) is 0 Å². The van der Waals surface area contributed by atoms with Crippen LogP contribution in [-0.4, -0.2) is 54.0 Å². The van der Waals surface area contributed by atoms with Crippen LogP contribution >= 0.6 is 0 Å². The lowest BCUT2D eigenvalue weighted by atomic mass is 10.0. The molecule has 0 spiro atoms. The number of unbranched alkanes of at least 4 members (excludes halogenated alkanes) is 2. The average molecular weight is 527 g/mol. The zero-order valence-corrected chi connectivity index (χ0v) is 21.9. The van der Waals surface area contributed by atoms with Crippen molar-refractivity contribution in [1.82, 2.24) is 0 Å². The van der Waals surface area contributed by atoms with E-state index in [-0.39, 0.29) is 24.4 Å². The predicted octanol–water partition coefficient (Wildman–Crippen LogP) is 4.41. The second-order valence-electron chi connectivity index (χ2n) is 8.74. The number of benzene rings is 2. The number of aryl methyl sites for hydroxylation is 1. The molecule has 2 atom stereocenters. The van der Waals surface area contributed by atoms with E-state index in [2.05, 4.69) is 32.2 Å². The Kier molecular flexibility index (Phi) is 13.9. The summed E-state index contributed by atoms with van der Waals surface area (Å²) in [5.74, 6) is 0.0872. The lowest BCUT2D eigenvalue weighted by molar-refractivity contribution is -0.141. The summed E-state index contributed by atoms with van der Waals surface area (Å²) in [5, 5.41) is 28.1. The zero-order chi connectivity index (χ0) is 27.8. The highest BCUT2D eigenvalue weighted by Crippen LogP contribution is 2.22. The van der Waals surface area contributed by atoms with Gasteiger partial charge in [0.25, 0.3) is 0 Å². The molecule has 2 aromatic rings. The number of ether oxygens (including phenoxy) is 4. The molecule has 8 heteroatoms. The molecule has 0 amide bonds. The number of carbonyl (C=O) groups is 1. The average Bonchev–Trinajstić information content (AvgIpc) is 2.95. The Morgan fingerprint density at radius 1 is 0.895 bits per heavy atom. The fourth-order valence-corrected chi connectivity index (χ4v) is 3.33. The van der Waals surface area contributed by atoms with Gasteiger partial charge in [-0.2, -0.15) is 0 Å². The van der Waals surface area contributed by atoms with Crippen molar-refractivity contribution in [2.75, 3.05) is 26.4 Å². The SMILES string of the molecule is C=C(CO)C(=O)OCC(COC(O)C(=C)CO)c1ccc(O/C=C\Oc2ccc(CCCCC)cc2)cc1. The quantitative estimate of drug-likeness (QED) is 0.0654. The molecule has 0 fully saturated rings. The number of hydrogen-bond acceptors (Lipinski definition) is 8. The molecule has 38 heavy (non-hydrogen) atoms. The molecular weight excluding hydrogens is 488 g/mol. The first kappa shape index (κ1) is 30.8. The molecule has 0 aliphatic carbocycles. The van der Waals surface area contributed by atoms with Crippen LogP contribution in [0.1, 0.15) is 43.2 Å². The van der Waals surface area contributed by atoms with Gasteiger partial charge < -0.3 is 34.3 Å². The van der Waals surface area contributed by atoms with Gasteiger partial charge in [-0.15, -0.1) is 0 Å². The van der Waals surface area contributed by atoms with Crippen molar-refractivity contribution < 1.29 is 39.1 Å². The molecule has 2 rings (SSSR count). The highest BCUT2D eigenvalue weighted by molar-refractivity contribution is 5.87. The summed E-state index contributed by atoms with van der Waals surface area (Å²) < 4.78 is 21.8. The maximum Gasteiger partial charge on any atom is 0.335 e. The number of rotatable bonds is 18. The second kappa shape index (κ2) is 17.1. The van der Waals surface area contributed by atoms with Crippen LogP contribution in [0.25, 0.3) is 0 Å². The molecule has 8 nitrogen and oxygen atoms in total. The summed E-state index contributed by atoms with van der Waals surface area (Å²) in [4.78, 5) is 11.9. The lowest BCUT2D eigenvalue weighted by Gasteiger charge is -2.21. The van der Waals surface area contributed by atoms with E-state index in [0.717, 1.165) is 12.0 Å². The van der Waals surface area contributed by atoms with Gasteiger partial charge >= 0.3 is 5.97 Å². The second-order valence-corrected chi connectivity index (χ2v) is 8.74. The van der Waals surface area contributed by atoms with Gasteiger partial charge in [0.1, 0.15) is 30.6 Å². The van der Waals surface area contributed by atoms with Crippen molar-refractivity contribution in [2.45, 2.75) is 44.8 Å². The first-order valence-corrected chi connectivity index (χ1v) is 12.6. The predicted molar refractivity (Wildman–Crippen MR) is 145 cm³/mol. The lowest BCUT2D eigenvalue weighted by Crippen LogP contribution is -2.24. The van der Waals surface area contributed by atoms with Crippen molar-refractivity contribution >= 4 is 5.97 Å². The zero-order valence-electron chi connectivity index (χ0n) is 21.9. The summed E-state index contributed by atoms with van der Waals surface area (Å²) >= 11 is 0. The Labute approximate surface area is 224 Å². The van der Waals surface area contributed by atoms with Crippen LogP contribution in [0.5, 0.6) is 11.5 Å². The van der Waals surface area contributed by atoms with Gasteiger partial charge in [-0.05, 0) is 48.2 Å². The van der Waals surface area contributed by atoms with Crippen molar-refractivity contribution in [3.05, 3.63) is 96.5 Å². The van der Waals surface area contributed by atoms with Gasteiger partial charge in [-0.1, -0.05) is 57.2 Å². The smallest absolute Gasteiger partial charge is 0.335 e. The Morgan fingerprint density at radius 3 is 2.05 bits per heavy atom. The molecule has 2 unspecified atom stereocenters. The third-order valence-corrected chi connectivity index (χ3v) is 5.71. The number of aliphatic hydroxyl groups excluding tert-OH is 3. The van der Waals surface area contributed by atoms with Crippen LogP contribution in [0.3, 0.4) is 0 Å². The van der Waals surface area contributed by atoms with Crippen LogP contribution in [-0.2, 0) is 20.7 Å². The summed E-state index contributed by atoms with van der Waals surface area (Å²) in [7, 11) is 0. The third kappa shape index (κ3) is 10.9. The first-order valence-electron chi connectivity index (χ1n) is 12.6. The van der Waals surface area contributed by atoms with E-state index in [1.54, 1.807) is 24.3 Å². The highest BCUT2D eigenvalue weighted by Gasteiger charge is 2.19. The number of aliphatic hydroxyl groups is 3. The summed E-state index contributed by atoms with van der Waals surface area (Å²) in [6.07, 6.45) is 6.20. The molecule has 0 aromatic heterocycles. The van der Waals surface area contributed by atoms with Crippen LogP contribution in [0.4, 0.5) is 0 Å². The first-order chi connectivity index (χ1) is 18.4. The third-order valence-electron chi connectivity index (χ3n) is 5.71. The fourth-order valence-electron chi connectivity index (χ4n) is 3.33. The monoisotopic (exact) mass is 526 g/mol. The van der Waals surface area contributed by atoms with Crippen molar-refractivity contribution in [1.29, 1.82) is 0 Å². The molecule has 0 bridgehead atoms. The van der Waals surface area contributed by atoms with Crippen LogP contribution < -0.4 is 9.47 Å². The highest BCUT2D eigenvalue weighted by atomic mass is 16.6. The minimum atomic E-state index is -1.37. The Balaban J connectivity index is 1.93. The molecule has 206 valence electrons. The van der Waals surface area contributed by atoms with E-state index in [4.69, 9.17) is 29.2 Å². The fraction of sp³-hybridized carbons (Fsp3) is 0.367. The molecule has 0 heterocycles. The topological polar surface area (TPSA) is 115 Å². The molecule has 0 aliphatic heterocycles. The van der Waals surface area contributed by atoms with Crippen molar-refractivity contribution in [3.8, 4) is 11.5 Å². The van der Waals surface area contributed by atoms with Gasteiger partial charge in [0.15, 0.2) is 6.29 Å². The van der Waals surface area contributed by atoms with Gasteiger partial charge in [0, 0.05) is 11.5 Å². The van der Waals surface area contributed by atoms with E-state index >= 15 is 0 Å². The number of hydrogen-bond donors (Lipinski definition) is 3. The normalized spacial score (nSPS) is 12.6. The van der Waals surface area contributed by atoms with E-state index in [0.29, 0.717) is 11.5 Å². The van der Waals surface area contributed by atoms with Gasteiger partial charge in [0.05, 0.1) is 25.4 Å². The van der Waals surface area contributed by atoms with E-state index in [9.17, 15) is 9.90 Å². The molecule has 0 saturated heterocycles. The summed E-state index contributed by atoms with van der Waals surface area (Å²) in [6, 6.07) is 15.0. The maximum absolute atomic E-state index is 11.9. The van der Waals surface area contributed by atoms with E-state index < -0.39 is 31.4 Å². The molecule has 3 N–H and O–H groups in total. The van der Waals surface area contributed by atoms with E-state index in [1.165, 1.54) is 37.4 Å². The Hall–Kier alpha value is -3.43. The number of esters is 1. The Morgan fingerprint density at radius 2 is 1.50 bits per heavy atom. The molecule has 0 aliphatic rings. The minimum absolute atomic E-state index is 0.0234. The standard InChI is InChI=1S/C30H38O8/c1-4-5-6-7-24-8-12-27(13-9-24)35-16-17-36-28-14-10-25(11-15-28)26(20-37-29(33)22(2)18-31)21-38-30(34)23(3)19-32/h8-17,26,29,31-33H,2-7,18-21H2,1H3/b17-16-. The van der Waals surface area contributed by atoms with E-state index in [1.807, 2.05) is 12.1 Å². The van der Waals surface area contributed by atoms with Crippen molar-refractivity contribution in [2.24, 2.45) is 0 Å². The summed E-state index contributed by atoms with van der Waals surface area (Å²) in [6.45, 7) is 8.13. The van der Waals surface area contributed by atoms with Crippen LogP contribution in [0.15, 0.2) is 85.4 Å². The molecule has 0 saturated carbocycles. The van der Waals surface area contributed by atoms with Crippen LogP contribution in [0, 0.1) is 0 Å².